The molecule has 1 N–H and O–H groups in total. The van der Waals surface area contributed by atoms with Gasteiger partial charge in [-0.25, -0.2) is 8.42 Å². The molecule has 1 aromatic rings. The van der Waals surface area contributed by atoms with Crippen LogP contribution < -0.4 is 10.1 Å². The quantitative estimate of drug-likeness (QED) is 0.764. The fourth-order valence-corrected chi connectivity index (χ4v) is 5.59. The van der Waals surface area contributed by atoms with Crippen LogP contribution in [0.25, 0.3) is 0 Å². The number of ether oxygens (including phenoxy) is 1. The summed E-state index contributed by atoms with van der Waals surface area (Å²) in [5, 5.41) is 2.85. The predicted octanol–water partition coefficient (Wildman–Crippen LogP) is 3.78. The van der Waals surface area contributed by atoms with E-state index in [1.807, 2.05) is 0 Å². The normalized spacial score (nSPS) is 19.1. The standard InChI is InChI=1S/C20H30N2O4S/c1-26-19-11-10-17(27(24,25)22-13-5-2-6-14-22)15-18(19)21-20(23)12-9-16-7-3-4-8-16/h10-11,15-16H,2-9,12-14H2,1H3,(H,21,23). The lowest BCUT2D eigenvalue weighted by molar-refractivity contribution is -0.116. The van der Waals surface area contributed by atoms with Gasteiger partial charge in [0.05, 0.1) is 17.7 Å². The zero-order valence-electron chi connectivity index (χ0n) is 16.1. The summed E-state index contributed by atoms with van der Waals surface area (Å²) in [5.74, 6) is 1.03. The summed E-state index contributed by atoms with van der Waals surface area (Å²) in [6.07, 6.45) is 9.13. The van der Waals surface area contributed by atoms with Crippen molar-refractivity contribution in [2.45, 2.75) is 62.7 Å². The number of anilines is 1. The number of sulfonamides is 1. The molecule has 0 unspecified atom stereocenters. The number of nitrogens with zero attached hydrogens (tertiary/aromatic N) is 1. The maximum Gasteiger partial charge on any atom is 0.243 e. The van der Waals surface area contributed by atoms with Crippen molar-refractivity contribution in [3.8, 4) is 5.75 Å². The van der Waals surface area contributed by atoms with Crippen LogP contribution in [0.5, 0.6) is 5.75 Å². The molecule has 1 amide bonds. The minimum atomic E-state index is -3.54. The average molecular weight is 395 g/mol. The fraction of sp³-hybridized carbons (Fsp3) is 0.650. The van der Waals surface area contributed by atoms with Gasteiger partial charge in [-0.2, -0.15) is 4.31 Å². The van der Waals surface area contributed by atoms with Gasteiger partial charge in [0.25, 0.3) is 0 Å². The monoisotopic (exact) mass is 394 g/mol. The highest BCUT2D eigenvalue weighted by Gasteiger charge is 2.27. The molecular weight excluding hydrogens is 364 g/mol. The molecule has 3 rings (SSSR count). The third-order valence-electron chi connectivity index (χ3n) is 5.65. The molecule has 27 heavy (non-hydrogen) atoms. The number of rotatable bonds is 7. The Kier molecular flexibility index (Phi) is 6.76. The molecule has 1 heterocycles. The van der Waals surface area contributed by atoms with Crippen molar-refractivity contribution in [2.75, 3.05) is 25.5 Å². The van der Waals surface area contributed by atoms with Crippen LogP contribution in [0.2, 0.25) is 0 Å². The van der Waals surface area contributed by atoms with Gasteiger partial charge in [0.15, 0.2) is 0 Å². The Bertz CT molecular complexity index is 751. The van der Waals surface area contributed by atoms with Crippen molar-refractivity contribution in [1.82, 2.24) is 4.31 Å². The zero-order valence-corrected chi connectivity index (χ0v) is 16.9. The first-order valence-corrected chi connectivity index (χ1v) is 11.4. The van der Waals surface area contributed by atoms with Crippen molar-refractivity contribution < 1.29 is 17.9 Å². The number of carbonyl (C=O) groups excluding carboxylic acids is 1. The molecule has 7 heteroatoms. The van der Waals surface area contributed by atoms with Gasteiger partial charge in [0, 0.05) is 19.5 Å². The van der Waals surface area contributed by atoms with Gasteiger partial charge in [-0.3, -0.25) is 4.79 Å². The minimum Gasteiger partial charge on any atom is -0.495 e. The second-order valence-corrected chi connectivity index (χ2v) is 9.50. The van der Waals surface area contributed by atoms with Crippen molar-refractivity contribution >= 4 is 21.6 Å². The number of nitrogens with one attached hydrogen (secondary N) is 1. The number of methoxy groups -OCH3 is 1. The first-order chi connectivity index (χ1) is 13.0. The number of benzene rings is 1. The van der Waals surface area contributed by atoms with E-state index in [1.165, 1.54) is 43.2 Å². The fourth-order valence-electron chi connectivity index (χ4n) is 4.05. The number of carbonyl (C=O) groups is 1. The number of piperidine rings is 1. The Morgan fingerprint density at radius 2 is 1.85 bits per heavy atom. The van der Waals surface area contributed by atoms with Crippen LogP contribution in [0.1, 0.15) is 57.8 Å². The third kappa shape index (κ3) is 5.02. The molecule has 0 bridgehead atoms. The SMILES string of the molecule is COc1ccc(S(=O)(=O)N2CCCCC2)cc1NC(=O)CCC1CCCC1. The highest BCUT2D eigenvalue weighted by molar-refractivity contribution is 7.89. The van der Waals surface area contributed by atoms with Gasteiger partial charge in [-0.15, -0.1) is 0 Å². The van der Waals surface area contributed by atoms with Crippen LogP contribution in [0, 0.1) is 5.92 Å². The number of amides is 1. The second-order valence-electron chi connectivity index (χ2n) is 7.56. The number of hydrogen-bond acceptors (Lipinski definition) is 4. The van der Waals surface area contributed by atoms with Crippen molar-refractivity contribution in [2.24, 2.45) is 5.92 Å². The van der Waals surface area contributed by atoms with Crippen LogP contribution in [-0.2, 0) is 14.8 Å². The Hall–Kier alpha value is -1.60. The van der Waals surface area contributed by atoms with Crippen LogP contribution in [0.15, 0.2) is 23.1 Å². The minimum absolute atomic E-state index is 0.0901. The molecule has 1 saturated carbocycles. The van der Waals surface area contributed by atoms with Crippen LogP contribution in [0.4, 0.5) is 5.69 Å². The van der Waals surface area contributed by atoms with E-state index in [9.17, 15) is 13.2 Å². The van der Waals surface area contributed by atoms with Crippen LogP contribution in [-0.4, -0.2) is 38.8 Å². The van der Waals surface area contributed by atoms with Gasteiger partial charge >= 0.3 is 0 Å². The highest BCUT2D eigenvalue weighted by atomic mass is 32.2. The van der Waals surface area contributed by atoms with Crippen molar-refractivity contribution in [1.29, 1.82) is 0 Å². The molecule has 0 atom stereocenters. The Morgan fingerprint density at radius 1 is 1.15 bits per heavy atom. The first-order valence-electron chi connectivity index (χ1n) is 9.99. The summed E-state index contributed by atoms with van der Waals surface area (Å²) in [7, 11) is -2.03. The predicted molar refractivity (Wildman–Crippen MR) is 105 cm³/mol. The van der Waals surface area contributed by atoms with Gasteiger partial charge in [0.2, 0.25) is 15.9 Å². The molecule has 0 radical (unpaired) electrons. The van der Waals surface area contributed by atoms with Crippen LogP contribution in [0.3, 0.4) is 0 Å². The molecule has 1 saturated heterocycles. The maximum atomic E-state index is 12.9. The van der Waals surface area contributed by atoms with Gasteiger partial charge < -0.3 is 10.1 Å². The van der Waals surface area contributed by atoms with Crippen molar-refractivity contribution in [3.05, 3.63) is 18.2 Å². The molecule has 1 aliphatic heterocycles. The van der Waals surface area contributed by atoms with E-state index in [-0.39, 0.29) is 10.8 Å². The number of hydrogen-bond donors (Lipinski definition) is 1. The molecule has 2 fully saturated rings. The van der Waals surface area contributed by atoms with E-state index >= 15 is 0 Å². The summed E-state index contributed by atoms with van der Waals surface area (Å²) in [4.78, 5) is 12.6. The van der Waals surface area contributed by atoms with Crippen LogP contribution >= 0.6 is 0 Å². The molecular formula is C20H30N2O4S. The van der Waals surface area contributed by atoms with E-state index in [4.69, 9.17) is 4.74 Å². The Morgan fingerprint density at radius 3 is 2.52 bits per heavy atom. The molecule has 1 aromatic carbocycles. The lowest BCUT2D eigenvalue weighted by atomic mass is 10.0. The molecule has 0 aromatic heterocycles. The summed E-state index contributed by atoms with van der Waals surface area (Å²) in [6, 6.07) is 4.69. The Labute approximate surface area is 162 Å². The van der Waals surface area contributed by atoms with Gasteiger partial charge in [-0.05, 0) is 43.4 Å². The van der Waals surface area contributed by atoms with E-state index in [2.05, 4.69) is 5.32 Å². The third-order valence-corrected chi connectivity index (χ3v) is 7.55. The molecule has 150 valence electrons. The first kappa shape index (κ1) is 20.1. The smallest absolute Gasteiger partial charge is 0.243 e. The zero-order chi connectivity index (χ0) is 19.3. The van der Waals surface area contributed by atoms with E-state index < -0.39 is 10.0 Å². The summed E-state index contributed by atoms with van der Waals surface area (Å²) in [6.45, 7) is 1.11. The van der Waals surface area contributed by atoms with E-state index in [0.29, 0.717) is 36.9 Å². The lowest BCUT2D eigenvalue weighted by Gasteiger charge is -2.26. The maximum absolute atomic E-state index is 12.9. The second kappa shape index (κ2) is 9.06. The highest BCUT2D eigenvalue weighted by Crippen LogP contribution is 2.31. The molecule has 6 nitrogen and oxygen atoms in total. The largest absolute Gasteiger partial charge is 0.495 e. The van der Waals surface area contributed by atoms with Gasteiger partial charge in [0.1, 0.15) is 5.75 Å². The van der Waals surface area contributed by atoms with Crippen molar-refractivity contribution in [3.63, 3.8) is 0 Å². The Balaban J connectivity index is 1.71. The summed E-state index contributed by atoms with van der Waals surface area (Å²) >= 11 is 0. The summed E-state index contributed by atoms with van der Waals surface area (Å²) < 4.78 is 32.6. The van der Waals surface area contributed by atoms with E-state index in [1.54, 1.807) is 12.1 Å². The molecule has 1 aliphatic carbocycles. The van der Waals surface area contributed by atoms with Gasteiger partial charge in [-0.1, -0.05) is 32.1 Å². The average Bonchev–Trinajstić information content (AvgIpc) is 3.20. The topological polar surface area (TPSA) is 75.7 Å². The molecule has 0 spiro atoms. The van der Waals surface area contributed by atoms with E-state index in [0.717, 1.165) is 25.7 Å². The lowest BCUT2D eigenvalue weighted by Crippen LogP contribution is -2.35. The summed E-state index contributed by atoms with van der Waals surface area (Å²) in [5.41, 5.74) is 0.423. The molecule has 2 aliphatic rings.